The largest absolute Gasteiger partial charge is 0.485 e. The zero-order valence-electron chi connectivity index (χ0n) is 22.1. The van der Waals surface area contributed by atoms with E-state index in [2.05, 4.69) is 10.6 Å². The number of aryl methyl sites for hydroxylation is 1. The number of rotatable bonds is 7. The Morgan fingerprint density at radius 1 is 0.949 bits per heavy atom. The number of para-hydroxylation sites is 2. The summed E-state index contributed by atoms with van der Waals surface area (Å²) in [7, 11) is 0. The summed E-state index contributed by atoms with van der Waals surface area (Å²) < 4.78 is 17.9. The summed E-state index contributed by atoms with van der Waals surface area (Å²) in [5.74, 6) is 0.884. The van der Waals surface area contributed by atoms with Gasteiger partial charge in [0.15, 0.2) is 17.5 Å². The summed E-state index contributed by atoms with van der Waals surface area (Å²) in [6, 6.07) is 16.4. The first-order valence-electron chi connectivity index (χ1n) is 13.3. The zero-order chi connectivity index (χ0) is 27.4. The minimum Gasteiger partial charge on any atom is -0.485 e. The molecule has 0 spiro atoms. The van der Waals surface area contributed by atoms with E-state index >= 15 is 0 Å². The number of carbonyl (C=O) groups is 3. The molecule has 0 radical (unpaired) electrons. The van der Waals surface area contributed by atoms with Crippen molar-refractivity contribution in [3.63, 3.8) is 0 Å². The highest BCUT2D eigenvalue weighted by Crippen LogP contribution is 2.35. The van der Waals surface area contributed by atoms with Crippen molar-refractivity contribution in [2.24, 2.45) is 0 Å². The third-order valence-corrected chi connectivity index (χ3v) is 6.95. The molecule has 39 heavy (non-hydrogen) atoms. The molecule has 3 amide bonds. The first-order valence-corrected chi connectivity index (χ1v) is 13.3. The summed E-state index contributed by atoms with van der Waals surface area (Å²) in [6.07, 6.45) is 4.00. The monoisotopic (exact) mass is 531 g/mol. The topological polar surface area (TPSA) is 110 Å². The first-order chi connectivity index (χ1) is 18.9. The van der Waals surface area contributed by atoms with Crippen LogP contribution in [0.1, 0.15) is 56.6 Å². The van der Waals surface area contributed by atoms with E-state index in [1.165, 1.54) is 11.8 Å². The van der Waals surface area contributed by atoms with Crippen molar-refractivity contribution in [3.05, 3.63) is 72.2 Å². The molecule has 9 nitrogen and oxygen atoms in total. The Labute approximate surface area is 227 Å². The number of furan rings is 1. The maximum Gasteiger partial charge on any atom is 0.272 e. The molecule has 3 aromatic rings. The third kappa shape index (κ3) is 6.08. The lowest BCUT2D eigenvalue weighted by atomic mass is 9.95. The lowest BCUT2D eigenvalue weighted by Crippen LogP contribution is -2.52. The number of ether oxygens (including phenoxy) is 2. The lowest BCUT2D eigenvalue weighted by Gasteiger charge is -2.35. The fraction of sp³-hybridized carbons (Fsp3) is 0.367. The maximum absolute atomic E-state index is 14.3. The molecule has 0 bridgehead atoms. The van der Waals surface area contributed by atoms with Crippen LogP contribution in [0.4, 0.5) is 11.4 Å². The molecule has 9 heteroatoms. The van der Waals surface area contributed by atoms with Crippen LogP contribution in [0.5, 0.6) is 11.5 Å². The molecule has 204 valence electrons. The number of fused-ring (bicyclic) bond motifs is 1. The van der Waals surface area contributed by atoms with E-state index in [1.807, 2.05) is 6.07 Å². The molecule has 2 heterocycles. The fourth-order valence-corrected chi connectivity index (χ4v) is 5.14. The maximum atomic E-state index is 14.3. The van der Waals surface area contributed by atoms with Gasteiger partial charge in [0.05, 0.1) is 0 Å². The van der Waals surface area contributed by atoms with Crippen molar-refractivity contribution in [2.45, 2.75) is 64.1 Å². The average molecular weight is 532 g/mol. The van der Waals surface area contributed by atoms with Gasteiger partial charge >= 0.3 is 0 Å². The van der Waals surface area contributed by atoms with E-state index in [4.69, 9.17) is 13.9 Å². The first kappa shape index (κ1) is 26.3. The molecule has 1 saturated carbocycles. The number of anilines is 2. The van der Waals surface area contributed by atoms with Crippen LogP contribution in [0, 0.1) is 6.92 Å². The van der Waals surface area contributed by atoms with Gasteiger partial charge in [-0.3, -0.25) is 19.3 Å². The Hall–Kier alpha value is -4.27. The van der Waals surface area contributed by atoms with Gasteiger partial charge in [0.1, 0.15) is 18.1 Å². The van der Waals surface area contributed by atoms with E-state index in [1.54, 1.807) is 61.5 Å². The van der Waals surface area contributed by atoms with Crippen LogP contribution >= 0.6 is 0 Å². The van der Waals surface area contributed by atoms with Gasteiger partial charge in [0.25, 0.3) is 11.8 Å². The number of nitrogens with one attached hydrogen (secondary N) is 2. The Bertz CT molecular complexity index is 1350. The highest BCUT2D eigenvalue weighted by atomic mass is 16.6. The van der Waals surface area contributed by atoms with Crippen LogP contribution in [0.15, 0.2) is 65.1 Å². The second-order valence-electron chi connectivity index (χ2n) is 10.00. The number of hydrogen-bond acceptors (Lipinski definition) is 6. The second-order valence-corrected chi connectivity index (χ2v) is 10.00. The van der Waals surface area contributed by atoms with E-state index in [-0.39, 0.29) is 24.5 Å². The van der Waals surface area contributed by atoms with Gasteiger partial charge in [-0.25, -0.2) is 0 Å². The van der Waals surface area contributed by atoms with Crippen molar-refractivity contribution in [2.75, 3.05) is 16.8 Å². The summed E-state index contributed by atoms with van der Waals surface area (Å²) >= 11 is 0. The molecule has 2 atom stereocenters. The summed E-state index contributed by atoms with van der Waals surface area (Å²) in [6.45, 7) is 3.18. The van der Waals surface area contributed by atoms with Crippen LogP contribution in [0.3, 0.4) is 0 Å². The SMILES string of the molecule is CC(=O)Nc1cccc(N(C(=O)[C@@H]2COc3ccccc3O2)[C@H](C(=O)NC2CCCCC2)c2ccc(C)o2)c1. The molecule has 5 rings (SSSR count). The molecular formula is C30H33N3O6. The van der Waals surface area contributed by atoms with Crippen molar-refractivity contribution in [3.8, 4) is 11.5 Å². The van der Waals surface area contributed by atoms with Gasteiger partial charge < -0.3 is 24.5 Å². The van der Waals surface area contributed by atoms with E-state index in [0.717, 1.165) is 32.1 Å². The summed E-state index contributed by atoms with van der Waals surface area (Å²) in [4.78, 5) is 41.4. The van der Waals surface area contributed by atoms with E-state index in [0.29, 0.717) is 34.4 Å². The standard InChI is InChI=1S/C30H33N3O6/c1-19-15-16-26(38-19)28(29(35)32-21-9-4-3-5-10-21)33(23-12-8-11-22(17-23)31-20(2)34)30(36)27-18-37-24-13-6-7-14-25(24)39-27/h6-8,11-17,21,27-28H,3-5,9-10,18H2,1-2H3,(H,31,34)(H,32,35)/t27-,28-/m0/s1. The van der Waals surface area contributed by atoms with Crippen molar-refractivity contribution >= 4 is 29.1 Å². The number of hydrogen-bond donors (Lipinski definition) is 2. The molecule has 1 aliphatic heterocycles. The lowest BCUT2D eigenvalue weighted by molar-refractivity contribution is -0.132. The van der Waals surface area contributed by atoms with Crippen molar-refractivity contribution < 1.29 is 28.3 Å². The summed E-state index contributed by atoms with van der Waals surface area (Å²) in [5.41, 5.74) is 0.901. The van der Waals surface area contributed by atoms with Crippen LogP contribution in [-0.4, -0.2) is 36.5 Å². The Morgan fingerprint density at radius 2 is 1.72 bits per heavy atom. The Kier molecular flexibility index (Phi) is 7.86. The predicted octanol–water partition coefficient (Wildman–Crippen LogP) is 4.91. The van der Waals surface area contributed by atoms with Crippen LogP contribution in [-0.2, 0) is 14.4 Å². The third-order valence-electron chi connectivity index (χ3n) is 6.95. The normalized spacial score (nSPS) is 17.6. The van der Waals surface area contributed by atoms with E-state index in [9.17, 15) is 14.4 Å². The molecule has 1 aromatic heterocycles. The highest BCUT2D eigenvalue weighted by molar-refractivity contribution is 6.04. The van der Waals surface area contributed by atoms with Gasteiger partial charge in [-0.05, 0) is 62.2 Å². The van der Waals surface area contributed by atoms with Crippen LogP contribution < -0.4 is 25.0 Å². The number of benzene rings is 2. The summed E-state index contributed by atoms with van der Waals surface area (Å²) in [5, 5.41) is 5.92. The second kappa shape index (κ2) is 11.6. The number of amides is 3. The fourth-order valence-electron chi connectivity index (χ4n) is 5.14. The Morgan fingerprint density at radius 3 is 2.44 bits per heavy atom. The molecule has 2 N–H and O–H groups in total. The van der Waals surface area contributed by atoms with Crippen LogP contribution in [0.2, 0.25) is 0 Å². The molecule has 0 saturated heterocycles. The average Bonchev–Trinajstić information content (AvgIpc) is 3.36. The van der Waals surface area contributed by atoms with Crippen molar-refractivity contribution in [1.29, 1.82) is 0 Å². The number of nitrogens with zero attached hydrogens (tertiary/aromatic N) is 1. The highest BCUT2D eigenvalue weighted by Gasteiger charge is 2.41. The van der Waals surface area contributed by atoms with Gasteiger partial charge in [0, 0.05) is 24.3 Å². The molecule has 0 unspecified atom stereocenters. The van der Waals surface area contributed by atoms with Crippen molar-refractivity contribution in [1.82, 2.24) is 5.32 Å². The quantitative estimate of drug-likeness (QED) is 0.448. The van der Waals surface area contributed by atoms with Crippen LogP contribution in [0.25, 0.3) is 0 Å². The molecule has 2 aromatic carbocycles. The van der Waals surface area contributed by atoms with E-state index < -0.39 is 18.1 Å². The zero-order valence-corrected chi connectivity index (χ0v) is 22.1. The minimum absolute atomic E-state index is 0.0219. The molecule has 2 aliphatic rings. The Balaban J connectivity index is 1.55. The number of carbonyl (C=O) groups excluding carboxylic acids is 3. The van der Waals surface area contributed by atoms with Gasteiger partial charge in [-0.1, -0.05) is 37.5 Å². The van der Waals surface area contributed by atoms with Gasteiger partial charge in [-0.2, -0.15) is 0 Å². The molecule has 1 fully saturated rings. The minimum atomic E-state index is -1.11. The predicted molar refractivity (Wildman–Crippen MR) is 146 cm³/mol. The van der Waals surface area contributed by atoms with Gasteiger partial charge in [-0.15, -0.1) is 0 Å². The molecule has 1 aliphatic carbocycles. The molecular weight excluding hydrogens is 498 g/mol. The van der Waals surface area contributed by atoms with Gasteiger partial charge in [0.2, 0.25) is 12.0 Å². The smallest absolute Gasteiger partial charge is 0.272 e.